The molecule has 0 saturated carbocycles. The van der Waals surface area contributed by atoms with Crippen molar-refractivity contribution in [2.45, 2.75) is 31.4 Å². The highest BCUT2D eigenvalue weighted by Crippen LogP contribution is 2.27. The van der Waals surface area contributed by atoms with Gasteiger partial charge in [-0.2, -0.15) is 8.42 Å². The molecule has 0 bridgehead atoms. The fraction of sp³-hybridized carbons (Fsp3) is 0.462. The lowest BCUT2D eigenvalue weighted by molar-refractivity contribution is -0.117. The summed E-state index contributed by atoms with van der Waals surface area (Å²) in [6.07, 6.45) is -0.287. The van der Waals surface area contributed by atoms with Gasteiger partial charge in [0.2, 0.25) is 5.91 Å². The maximum Gasteiger partial charge on any atom is 0.307 e. The van der Waals surface area contributed by atoms with Gasteiger partial charge in [-0.15, -0.1) is 3.89 Å². The van der Waals surface area contributed by atoms with E-state index in [-0.39, 0.29) is 18.9 Å². The summed E-state index contributed by atoms with van der Waals surface area (Å²) in [5.74, 6) is 0.0193. The Balaban J connectivity index is 2.21. The summed E-state index contributed by atoms with van der Waals surface area (Å²) in [5, 5.41) is -1.25. The van der Waals surface area contributed by atoms with E-state index in [1.165, 1.54) is 4.90 Å². The second-order valence-corrected chi connectivity index (χ2v) is 6.67. The van der Waals surface area contributed by atoms with E-state index >= 15 is 0 Å². The van der Waals surface area contributed by atoms with Gasteiger partial charge in [0.1, 0.15) is 5.25 Å². The largest absolute Gasteiger partial charge is 0.311 e. The van der Waals surface area contributed by atoms with E-state index in [1.807, 2.05) is 12.1 Å². The van der Waals surface area contributed by atoms with Crippen molar-refractivity contribution in [3.05, 3.63) is 29.8 Å². The fourth-order valence-corrected chi connectivity index (χ4v) is 2.82. The lowest BCUT2D eigenvalue weighted by Gasteiger charge is -2.17. The third-order valence-corrected chi connectivity index (χ3v) is 4.47. The normalized spacial score (nSPS) is 20.3. The lowest BCUT2D eigenvalue weighted by atomic mass is 10.0. The number of hydrogen-bond donors (Lipinski definition) is 0. The second-order valence-electron chi connectivity index (χ2n) is 5.05. The maximum atomic E-state index is 12.9. The van der Waals surface area contributed by atoms with Crippen LogP contribution in [0.3, 0.4) is 0 Å². The van der Waals surface area contributed by atoms with Crippen LogP contribution in [-0.2, 0) is 15.0 Å². The van der Waals surface area contributed by atoms with Crippen molar-refractivity contribution in [2.75, 3.05) is 11.4 Å². The van der Waals surface area contributed by atoms with Gasteiger partial charge in [0.25, 0.3) is 0 Å². The third kappa shape index (κ3) is 2.94. The molecule has 6 heteroatoms. The van der Waals surface area contributed by atoms with Crippen molar-refractivity contribution in [3.8, 4) is 0 Å². The van der Waals surface area contributed by atoms with E-state index in [1.54, 1.807) is 12.1 Å². The molecule has 1 fully saturated rings. The van der Waals surface area contributed by atoms with Crippen LogP contribution >= 0.6 is 0 Å². The molecule has 1 atom stereocenters. The molecule has 0 aliphatic carbocycles. The molecule has 1 aliphatic heterocycles. The first-order valence-corrected chi connectivity index (χ1v) is 7.57. The molecule has 4 nitrogen and oxygen atoms in total. The quantitative estimate of drug-likeness (QED) is 0.800. The summed E-state index contributed by atoms with van der Waals surface area (Å²) in [6, 6.07) is 7.32. The number of hydrogen-bond acceptors (Lipinski definition) is 3. The number of halogens is 1. The average molecular weight is 285 g/mol. The van der Waals surface area contributed by atoms with Crippen molar-refractivity contribution in [1.82, 2.24) is 0 Å². The van der Waals surface area contributed by atoms with E-state index in [9.17, 15) is 17.1 Å². The number of anilines is 1. The third-order valence-electron chi connectivity index (χ3n) is 3.36. The average Bonchev–Trinajstić information content (AvgIpc) is 2.71. The summed E-state index contributed by atoms with van der Waals surface area (Å²) in [7, 11) is -4.66. The van der Waals surface area contributed by atoms with Gasteiger partial charge in [-0.3, -0.25) is 4.79 Å². The van der Waals surface area contributed by atoms with Crippen molar-refractivity contribution in [1.29, 1.82) is 0 Å². The van der Waals surface area contributed by atoms with Crippen LogP contribution < -0.4 is 4.90 Å². The Morgan fingerprint density at radius 3 is 2.26 bits per heavy atom. The Morgan fingerprint density at radius 2 is 1.84 bits per heavy atom. The number of carbonyl (C=O) groups excluding carboxylic acids is 1. The van der Waals surface area contributed by atoms with E-state index in [4.69, 9.17) is 0 Å². The highest BCUT2D eigenvalue weighted by Gasteiger charge is 2.38. The first kappa shape index (κ1) is 14.0. The molecule has 0 N–H and O–H groups in total. The molecule has 1 aromatic carbocycles. The van der Waals surface area contributed by atoms with Crippen molar-refractivity contribution < 1.29 is 17.1 Å². The molecule has 1 aliphatic rings. The minimum absolute atomic E-state index is 0.112. The predicted octanol–water partition coefficient (Wildman–Crippen LogP) is 2.21. The molecule has 1 amide bonds. The van der Waals surface area contributed by atoms with Gasteiger partial charge in [0.05, 0.1) is 0 Å². The van der Waals surface area contributed by atoms with Crippen LogP contribution in [0.2, 0.25) is 0 Å². The fourth-order valence-electron chi connectivity index (χ4n) is 2.15. The smallest absolute Gasteiger partial charge is 0.307 e. The first-order valence-electron chi connectivity index (χ1n) is 6.13. The van der Waals surface area contributed by atoms with Gasteiger partial charge < -0.3 is 4.90 Å². The van der Waals surface area contributed by atoms with Crippen LogP contribution in [0.25, 0.3) is 0 Å². The zero-order chi connectivity index (χ0) is 14.2. The van der Waals surface area contributed by atoms with Crippen LogP contribution in [-0.4, -0.2) is 26.1 Å². The summed E-state index contributed by atoms with van der Waals surface area (Å²) >= 11 is 0. The molecular formula is C13H16FNO3S. The number of benzene rings is 1. The Bertz CT molecular complexity index is 580. The zero-order valence-electron chi connectivity index (χ0n) is 10.8. The lowest BCUT2D eigenvalue weighted by Crippen LogP contribution is -2.26. The molecule has 2 rings (SSSR count). The molecule has 0 radical (unpaired) electrons. The van der Waals surface area contributed by atoms with Crippen molar-refractivity contribution >= 4 is 21.8 Å². The second kappa shape index (κ2) is 4.92. The summed E-state index contributed by atoms with van der Waals surface area (Å²) in [5.41, 5.74) is 1.74. The Hall–Kier alpha value is -1.43. The monoisotopic (exact) mass is 285 g/mol. The minimum Gasteiger partial charge on any atom is -0.311 e. The van der Waals surface area contributed by atoms with Crippen LogP contribution in [0.15, 0.2) is 24.3 Å². The van der Waals surface area contributed by atoms with Gasteiger partial charge in [-0.25, -0.2) is 0 Å². The van der Waals surface area contributed by atoms with Crippen LogP contribution in [0, 0.1) is 0 Å². The molecule has 1 saturated heterocycles. The maximum absolute atomic E-state index is 12.9. The molecular weight excluding hydrogens is 269 g/mol. The molecule has 104 valence electrons. The van der Waals surface area contributed by atoms with E-state index in [2.05, 4.69) is 13.8 Å². The highest BCUT2D eigenvalue weighted by molar-refractivity contribution is 7.87. The van der Waals surface area contributed by atoms with Gasteiger partial charge in [0, 0.05) is 18.7 Å². The number of nitrogens with zero attached hydrogens (tertiary/aromatic N) is 1. The van der Waals surface area contributed by atoms with Gasteiger partial charge in [0.15, 0.2) is 0 Å². The molecule has 0 aromatic heterocycles. The summed E-state index contributed by atoms with van der Waals surface area (Å²) < 4.78 is 34.6. The molecule has 19 heavy (non-hydrogen) atoms. The van der Waals surface area contributed by atoms with Gasteiger partial charge in [-0.05, 0) is 23.6 Å². The SMILES string of the molecule is CC(C)c1ccc(N2CC(S(=O)(=O)F)CC2=O)cc1. The molecule has 1 heterocycles. The number of amides is 1. The topological polar surface area (TPSA) is 54.5 Å². The van der Waals surface area contributed by atoms with Gasteiger partial charge >= 0.3 is 10.2 Å². The van der Waals surface area contributed by atoms with Crippen molar-refractivity contribution in [3.63, 3.8) is 0 Å². The van der Waals surface area contributed by atoms with Crippen LogP contribution in [0.1, 0.15) is 31.7 Å². The predicted molar refractivity (Wildman–Crippen MR) is 71.3 cm³/mol. The first-order chi connectivity index (χ1) is 8.79. The van der Waals surface area contributed by atoms with Crippen LogP contribution in [0.5, 0.6) is 0 Å². The minimum atomic E-state index is -4.66. The van der Waals surface area contributed by atoms with Gasteiger partial charge in [-0.1, -0.05) is 26.0 Å². The molecule has 1 unspecified atom stereocenters. The summed E-state index contributed by atoms with van der Waals surface area (Å²) in [4.78, 5) is 13.1. The van der Waals surface area contributed by atoms with Crippen molar-refractivity contribution in [2.24, 2.45) is 0 Å². The number of carbonyl (C=O) groups is 1. The number of rotatable bonds is 3. The van der Waals surface area contributed by atoms with E-state index < -0.39 is 15.5 Å². The standard InChI is InChI=1S/C13H16FNO3S/c1-9(2)10-3-5-11(6-4-10)15-8-12(7-13(15)16)19(14,17)18/h3-6,9,12H,7-8H2,1-2H3. The Kier molecular flexibility index (Phi) is 3.62. The highest BCUT2D eigenvalue weighted by atomic mass is 32.3. The molecule has 0 spiro atoms. The van der Waals surface area contributed by atoms with Crippen LogP contribution in [0.4, 0.5) is 9.57 Å². The summed E-state index contributed by atoms with van der Waals surface area (Å²) in [6.45, 7) is 4.00. The Morgan fingerprint density at radius 1 is 1.26 bits per heavy atom. The Labute approximate surface area is 112 Å². The molecule has 1 aromatic rings. The zero-order valence-corrected chi connectivity index (χ0v) is 11.7. The van der Waals surface area contributed by atoms with E-state index in [0.717, 1.165) is 5.56 Å². The van der Waals surface area contributed by atoms with E-state index in [0.29, 0.717) is 11.6 Å².